The summed E-state index contributed by atoms with van der Waals surface area (Å²) >= 11 is 0. The molecule has 11 heteroatoms. The first-order chi connectivity index (χ1) is 19.2. The predicted octanol–water partition coefficient (Wildman–Crippen LogP) is 2.72. The Balaban J connectivity index is 0.00000387. The highest BCUT2D eigenvalue weighted by molar-refractivity contribution is 7.91. The summed E-state index contributed by atoms with van der Waals surface area (Å²) in [6, 6.07) is 17.0. The number of carbonyl (C=O) groups excluding carboxylic acids is 1. The number of hydrogen-bond donors (Lipinski definition) is 0. The van der Waals surface area contributed by atoms with E-state index in [1.165, 1.54) is 53.4 Å². The smallest absolute Gasteiger partial charge is 0.415 e. The SMILES string of the molecule is O=C(O[C@H]1C[N+]2(CCCS(=O)(=O)c3ccccc3F)CCC1CC2)N(Cc1ccc(F)cc1)c1ccccc1F.[Cl-]. The molecule has 0 aliphatic carbocycles. The highest BCUT2D eigenvalue weighted by Gasteiger charge is 2.48. The second-order valence-corrected chi connectivity index (χ2v) is 12.8. The van der Waals surface area contributed by atoms with Crippen molar-refractivity contribution in [1.82, 2.24) is 0 Å². The summed E-state index contributed by atoms with van der Waals surface area (Å²) < 4.78 is 74.4. The van der Waals surface area contributed by atoms with Gasteiger partial charge in [-0.25, -0.2) is 26.4 Å². The van der Waals surface area contributed by atoms with Gasteiger partial charge in [0.2, 0.25) is 0 Å². The Morgan fingerprint density at radius 2 is 1.54 bits per heavy atom. The molecule has 3 aliphatic rings. The second kappa shape index (κ2) is 12.8. The first-order valence-electron chi connectivity index (χ1n) is 13.5. The molecule has 0 N–H and O–H groups in total. The van der Waals surface area contributed by atoms with Gasteiger partial charge < -0.3 is 21.6 Å². The van der Waals surface area contributed by atoms with Gasteiger partial charge in [-0.3, -0.25) is 4.90 Å². The van der Waals surface area contributed by atoms with E-state index >= 15 is 0 Å². The van der Waals surface area contributed by atoms with Gasteiger partial charge in [0.15, 0.2) is 15.9 Å². The quantitative estimate of drug-likeness (QED) is 0.351. The van der Waals surface area contributed by atoms with Gasteiger partial charge in [-0.2, -0.15) is 0 Å². The standard InChI is InChI=1S/C30H32F3N2O4S.ClH/c31-24-12-10-22(11-13-24)20-34(27-8-3-1-6-25(27)32)30(36)39-28-21-35(17-14-23(28)15-18-35)16-5-19-40(37,38)29-9-4-2-7-26(29)33;/h1-4,6-13,23,28H,5,14-21H2;1H/q+1;/p-1/t23?,28-,35?;/m0./s1. The molecule has 0 radical (unpaired) electrons. The Morgan fingerprint density at radius 3 is 2.20 bits per heavy atom. The van der Waals surface area contributed by atoms with Crippen molar-refractivity contribution in [3.63, 3.8) is 0 Å². The number of benzene rings is 3. The Bertz CT molecular complexity index is 1460. The zero-order chi connectivity index (χ0) is 28.3. The summed E-state index contributed by atoms with van der Waals surface area (Å²) in [7, 11) is -3.76. The Labute approximate surface area is 244 Å². The number of ether oxygens (including phenoxy) is 1. The maximum atomic E-state index is 14.8. The minimum absolute atomic E-state index is 0. The molecule has 6 nitrogen and oxygen atoms in total. The van der Waals surface area contributed by atoms with Crippen LogP contribution in [0.4, 0.5) is 23.7 Å². The van der Waals surface area contributed by atoms with Gasteiger partial charge in [0.1, 0.15) is 28.9 Å². The number of hydrogen-bond acceptors (Lipinski definition) is 4. The average molecular weight is 609 g/mol. The summed E-state index contributed by atoms with van der Waals surface area (Å²) in [6.07, 6.45) is 0.924. The molecular weight excluding hydrogens is 577 g/mol. The number of para-hydroxylation sites is 1. The Hall–Kier alpha value is -3.08. The number of anilines is 1. The Kier molecular flexibility index (Phi) is 9.66. The summed E-state index contributed by atoms with van der Waals surface area (Å²) in [6.45, 7) is 2.82. The molecule has 3 aromatic carbocycles. The number of sulfone groups is 1. The minimum atomic E-state index is -3.76. The van der Waals surface area contributed by atoms with Gasteiger partial charge in [-0.1, -0.05) is 36.4 Å². The molecule has 0 spiro atoms. The van der Waals surface area contributed by atoms with E-state index < -0.39 is 39.5 Å². The maximum Gasteiger partial charge on any atom is 0.415 e. The van der Waals surface area contributed by atoms with Gasteiger partial charge >= 0.3 is 6.09 Å². The lowest BCUT2D eigenvalue weighted by Crippen LogP contribution is -3.00. The number of rotatable bonds is 9. The van der Waals surface area contributed by atoms with E-state index in [2.05, 4.69) is 0 Å². The summed E-state index contributed by atoms with van der Waals surface area (Å²) in [5.41, 5.74) is 0.690. The first-order valence-corrected chi connectivity index (χ1v) is 15.1. The third-order valence-corrected chi connectivity index (χ3v) is 9.96. The van der Waals surface area contributed by atoms with Gasteiger partial charge in [-0.15, -0.1) is 0 Å². The molecular formula is C30H32ClF3N2O4S. The van der Waals surface area contributed by atoms with Crippen LogP contribution in [0.15, 0.2) is 77.7 Å². The molecule has 0 unspecified atom stereocenters. The van der Waals surface area contributed by atoms with Crippen LogP contribution in [0.2, 0.25) is 0 Å². The van der Waals surface area contributed by atoms with Crippen molar-refractivity contribution >= 4 is 21.6 Å². The van der Waals surface area contributed by atoms with Gasteiger partial charge in [-0.05, 0) is 42.0 Å². The summed E-state index contributed by atoms with van der Waals surface area (Å²) in [5, 5.41) is 0. The first kappa shape index (κ1) is 30.9. The number of quaternary nitrogens is 1. The Morgan fingerprint density at radius 1 is 0.902 bits per heavy atom. The van der Waals surface area contributed by atoms with Gasteiger partial charge in [0.05, 0.1) is 37.6 Å². The van der Waals surface area contributed by atoms with Crippen LogP contribution < -0.4 is 17.3 Å². The fourth-order valence-electron chi connectivity index (χ4n) is 5.95. The van der Waals surface area contributed by atoms with E-state index in [0.717, 1.165) is 32.0 Å². The molecule has 3 aromatic rings. The van der Waals surface area contributed by atoms with Crippen molar-refractivity contribution in [3.05, 3.63) is 95.8 Å². The summed E-state index contributed by atoms with van der Waals surface area (Å²) in [5.74, 6) is -1.73. The topological polar surface area (TPSA) is 63.7 Å². The normalized spacial score (nSPS) is 21.6. The lowest BCUT2D eigenvalue weighted by molar-refractivity contribution is -0.946. The second-order valence-electron chi connectivity index (χ2n) is 10.7. The molecule has 1 amide bonds. The van der Waals surface area contributed by atoms with Crippen LogP contribution in [0, 0.1) is 23.4 Å². The van der Waals surface area contributed by atoms with E-state index in [0.29, 0.717) is 29.6 Å². The van der Waals surface area contributed by atoms with E-state index in [9.17, 15) is 26.4 Å². The fraction of sp³-hybridized carbons (Fsp3) is 0.367. The number of nitrogens with zero attached hydrogens (tertiary/aromatic N) is 2. The molecule has 3 fully saturated rings. The zero-order valence-electron chi connectivity index (χ0n) is 22.4. The van der Waals surface area contributed by atoms with Crippen LogP contribution in [0.25, 0.3) is 0 Å². The van der Waals surface area contributed by atoms with E-state index in [4.69, 9.17) is 4.74 Å². The van der Waals surface area contributed by atoms with E-state index in [1.54, 1.807) is 18.2 Å². The van der Waals surface area contributed by atoms with Crippen LogP contribution in [-0.2, 0) is 21.1 Å². The van der Waals surface area contributed by atoms with Crippen molar-refractivity contribution in [3.8, 4) is 0 Å². The average Bonchev–Trinajstić information content (AvgIpc) is 2.94. The van der Waals surface area contributed by atoms with Crippen molar-refractivity contribution in [2.45, 2.75) is 36.8 Å². The number of piperidine rings is 3. The fourth-order valence-corrected chi connectivity index (χ4v) is 7.33. The van der Waals surface area contributed by atoms with E-state index in [-0.39, 0.29) is 41.2 Å². The molecule has 0 aromatic heterocycles. The number of halogens is 4. The van der Waals surface area contributed by atoms with Crippen LogP contribution in [0.1, 0.15) is 24.8 Å². The highest BCUT2D eigenvalue weighted by atomic mass is 35.5. The number of carbonyl (C=O) groups is 1. The molecule has 1 atom stereocenters. The van der Waals surface area contributed by atoms with Crippen LogP contribution >= 0.6 is 0 Å². The van der Waals surface area contributed by atoms with Crippen molar-refractivity contribution in [1.29, 1.82) is 0 Å². The summed E-state index contributed by atoms with van der Waals surface area (Å²) in [4.78, 5) is 14.4. The van der Waals surface area contributed by atoms with Gasteiger partial charge in [0, 0.05) is 25.2 Å². The van der Waals surface area contributed by atoms with Crippen molar-refractivity contribution in [2.75, 3.05) is 36.8 Å². The molecule has 2 bridgehead atoms. The molecule has 3 saturated heterocycles. The van der Waals surface area contributed by atoms with Crippen molar-refractivity contribution < 1.29 is 48.0 Å². The largest absolute Gasteiger partial charge is 1.00 e. The van der Waals surface area contributed by atoms with E-state index in [1.807, 2.05) is 0 Å². The maximum absolute atomic E-state index is 14.8. The number of fused-ring (bicyclic) bond motifs is 3. The molecule has 3 heterocycles. The zero-order valence-corrected chi connectivity index (χ0v) is 24.0. The van der Waals surface area contributed by atoms with Crippen molar-refractivity contribution in [2.24, 2.45) is 5.92 Å². The third kappa shape index (κ3) is 7.05. The minimum Gasteiger partial charge on any atom is -1.00 e. The molecule has 220 valence electrons. The van der Waals surface area contributed by atoms with Crippen LogP contribution in [-0.4, -0.2) is 57.0 Å². The lowest BCUT2D eigenvalue weighted by atomic mass is 9.83. The molecule has 41 heavy (non-hydrogen) atoms. The van der Waals surface area contributed by atoms with Crippen LogP contribution in [0.3, 0.4) is 0 Å². The lowest BCUT2D eigenvalue weighted by Gasteiger charge is -2.52. The number of amides is 1. The molecule has 0 saturated carbocycles. The molecule has 3 aliphatic heterocycles. The molecule has 6 rings (SSSR count). The van der Waals surface area contributed by atoms with Crippen LogP contribution in [0.5, 0.6) is 0 Å². The highest BCUT2D eigenvalue weighted by Crippen LogP contribution is 2.37. The monoisotopic (exact) mass is 608 g/mol. The third-order valence-electron chi connectivity index (χ3n) is 8.13. The van der Waals surface area contributed by atoms with Gasteiger partial charge in [0.25, 0.3) is 0 Å². The predicted molar refractivity (Wildman–Crippen MR) is 145 cm³/mol.